The summed E-state index contributed by atoms with van der Waals surface area (Å²) in [4.78, 5) is 11.1. The van der Waals surface area contributed by atoms with Crippen molar-refractivity contribution in [1.29, 1.82) is 0 Å². The first-order chi connectivity index (χ1) is 11.8. The summed E-state index contributed by atoms with van der Waals surface area (Å²) >= 11 is 0. The monoisotopic (exact) mass is 322 g/mol. The molecule has 0 radical (unpaired) electrons. The fourth-order valence-electron chi connectivity index (χ4n) is 3.23. The minimum absolute atomic E-state index is 0.0431. The van der Waals surface area contributed by atoms with Crippen LogP contribution in [0.25, 0.3) is 11.0 Å². The van der Waals surface area contributed by atoms with Crippen LogP contribution in [0.3, 0.4) is 0 Å². The molecule has 1 aromatic carbocycles. The zero-order valence-electron chi connectivity index (χ0n) is 13.9. The Kier molecular flexibility index (Phi) is 4.07. The summed E-state index contributed by atoms with van der Waals surface area (Å²) in [7, 11) is 0. The zero-order valence-corrected chi connectivity index (χ0v) is 13.9. The Bertz CT molecular complexity index is 790. The maximum Gasteiger partial charge on any atom is 0.134 e. The lowest BCUT2D eigenvalue weighted by Gasteiger charge is -2.27. The Labute approximate surface area is 141 Å². The van der Waals surface area contributed by atoms with E-state index in [2.05, 4.69) is 39.2 Å². The lowest BCUT2D eigenvalue weighted by atomic mass is 10.1. The number of fused-ring (bicyclic) bond motifs is 1. The van der Waals surface area contributed by atoms with Crippen molar-refractivity contribution in [2.45, 2.75) is 32.2 Å². The van der Waals surface area contributed by atoms with Gasteiger partial charge in [-0.2, -0.15) is 0 Å². The number of anilines is 2. The number of furan rings is 1. The smallest absolute Gasteiger partial charge is 0.134 e. The molecule has 4 rings (SSSR count). The SMILES string of the molecule is C[C@@H](Nc1cc(N2CCCCC2)ncn1)c1cc2ccccc2o1. The minimum Gasteiger partial charge on any atom is -0.459 e. The van der Waals surface area contributed by atoms with Crippen LogP contribution < -0.4 is 10.2 Å². The minimum atomic E-state index is 0.0431. The summed E-state index contributed by atoms with van der Waals surface area (Å²) in [5.74, 6) is 2.75. The first-order valence-electron chi connectivity index (χ1n) is 8.61. The van der Waals surface area contributed by atoms with Gasteiger partial charge in [0, 0.05) is 24.5 Å². The zero-order chi connectivity index (χ0) is 16.4. The molecule has 1 aliphatic heterocycles. The van der Waals surface area contributed by atoms with Crippen molar-refractivity contribution in [2.75, 3.05) is 23.3 Å². The van der Waals surface area contributed by atoms with Gasteiger partial charge in [0.2, 0.25) is 0 Å². The number of aromatic nitrogens is 2. The number of nitrogens with one attached hydrogen (secondary N) is 1. The van der Waals surface area contributed by atoms with E-state index in [0.29, 0.717) is 0 Å². The van der Waals surface area contributed by atoms with E-state index >= 15 is 0 Å². The molecule has 124 valence electrons. The molecule has 1 fully saturated rings. The first kappa shape index (κ1) is 15.0. The van der Waals surface area contributed by atoms with Crippen LogP contribution in [0, 0.1) is 0 Å². The van der Waals surface area contributed by atoms with Gasteiger partial charge in [0.05, 0.1) is 6.04 Å². The van der Waals surface area contributed by atoms with E-state index in [-0.39, 0.29) is 6.04 Å². The molecule has 24 heavy (non-hydrogen) atoms. The first-order valence-corrected chi connectivity index (χ1v) is 8.61. The van der Waals surface area contributed by atoms with Crippen molar-refractivity contribution in [3.05, 3.63) is 48.5 Å². The molecule has 3 heterocycles. The predicted octanol–water partition coefficient (Wildman–Crippen LogP) is 4.39. The molecule has 1 aliphatic rings. The lowest BCUT2D eigenvalue weighted by molar-refractivity contribution is 0.525. The quantitative estimate of drug-likeness (QED) is 0.772. The third-order valence-corrected chi connectivity index (χ3v) is 4.57. The topological polar surface area (TPSA) is 54.2 Å². The summed E-state index contributed by atoms with van der Waals surface area (Å²) in [6.07, 6.45) is 5.43. The fraction of sp³-hybridized carbons (Fsp3) is 0.368. The molecule has 0 spiro atoms. The number of para-hydroxylation sites is 1. The summed E-state index contributed by atoms with van der Waals surface area (Å²) in [5, 5.41) is 4.55. The molecule has 2 aromatic heterocycles. The van der Waals surface area contributed by atoms with E-state index in [0.717, 1.165) is 41.5 Å². The highest BCUT2D eigenvalue weighted by molar-refractivity contribution is 5.77. The molecule has 1 atom stereocenters. The largest absolute Gasteiger partial charge is 0.459 e. The van der Waals surface area contributed by atoms with Crippen LogP contribution in [0.15, 0.2) is 47.1 Å². The second-order valence-corrected chi connectivity index (χ2v) is 6.36. The van der Waals surface area contributed by atoms with E-state index in [1.807, 2.05) is 24.3 Å². The average molecular weight is 322 g/mol. The van der Waals surface area contributed by atoms with Gasteiger partial charge in [-0.05, 0) is 38.3 Å². The molecule has 3 aromatic rings. The van der Waals surface area contributed by atoms with Gasteiger partial charge < -0.3 is 14.6 Å². The van der Waals surface area contributed by atoms with Crippen LogP contribution in [-0.2, 0) is 0 Å². The van der Waals surface area contributed by atoms with Crippen molar-refractivity contribution < 1.29 is 4.42 Å². The summed E-state index contributed by atoms with van der Waals surface area (Å²) in [6.45, 7) is 4.24. The second kappa shape index (κ2) is 6.51. The predicted molar refractivity (Wildman–Crippen MR) is 96.3 cm³/mol. The highest BCUT2D eigenvalue weighted by atomic mass is 16.3. The van der Waals surface area contributed by atoms with Crippen molar-refractivity contribution in [1.82, 2.24) is 9.97 Å². The molecule has 0 saturated carbocycles. The van der Waals surface area contributed by atoms with Gasteiger partial charge in [0.15, 0.2) is 0 Å². The Hall–Kier alpha value is -2.56. The van der Waals surface area contributed by atoms with Crippen molar-refractivity contribution in [2.24, 2.45) is 0 Å². The van der Waals surface area contributed by atoms with Gasteiger partial charge in [0.1, 0.15) is 29.3 Å². The Morgan fingerprint density at radius 2 is 1.92 bits per heavy atom. The van der Waals surface area contributed by atoms with Crippen LogP contribution in [0.4, 0.5) is 11.6 Å². The summed E-state index contributed by atoms with van der Waals surface area (Å²) in [5.41, 5.74) is 0.915. The maximum atomic E-state index is 5.93. The van der Waals surface area contributed by atoms with Crippen LogP contribution >= 0.6 is 0 Å². The van der Waals surface area contributed by atoms with Gasteiger partial charge >= 0.3 is 0 Å². The second-order valence-electron chi connectivity index (χ2n) is 6.36. The van der Waals surface area contributed by atoms with E-state index < -0.39 is 0 Å². The molecule has 0 bridgehead atoms. The highest BCUT2D eigenvalue weighted by Gasteiger charge is 2.15. The van der Waals surface area contributed by atoms with Gasteiger partial charge in [-0.3, -0.25) is 0 Å². The van der Waals surface area contributed by atoms with Crippen LogP contribution in [0.2, 0.25) is 0 Å². The number of rotatable bonds is 4. The molecule has 1 saturated heterocycles. The molecule has 5 nitrogen and oxygen atoms in total. The molecular weight excluding hydrogens is 300 g/mol. The van der Waals surface area contributed by atoms with E-state index in [1.54, 1.807) is 6.33 Å². The highest BCUT2D eigenvalue weighted by Crippen LogP contribution is 2.26. The van der Waals surface area contributed by atoms with Crippen LogP contribution in [-0.4, -0.2) is 23.1 Å². The van der Waals surface area contributed by atoms with E-state index in [1.165, 1.54) is 19.3 Å². The third kappa shape index (κ3) is 3.07. The molecule has 1 N–H and O–H groups in total. The molecule has 0 aliphatic carbocycles. The van der Waals surface area contributed by atoms with Crippen molar-refractivity contribution >= 4 is 22.6 Å². The third-order valence-electron chi connectivity index (χ3n) is 4.57. The van der Waals surface area contributed by atoms with E-state index in [9.17, 15) is 0 Å². The summed E-state index contributed by atoms with van der Waals surface area (Å²) in [6, 6.07) is 12.2. The average Bonchev–Trinajstić information content (AvgIpc) is 3.07. The van der Waals surface area contributed by atoms with Crippen molar-refractivity contribution in [3.63, 3.8) is 0 Å². The normalized spacial score (nSPS) is 16.3. The summed E-state index contributed by atoms with van der Waals surface area (Å²) < 4.78 is 5.93. The number of nitrogens with zero attached hydrogens (tertiary/aromatic N) is 3. The van der Waals surface area contributed by atoms with Gasteiger partial charge in [0.25, 0.3) is 0 Å². The standard InChI is InChI=1S/C19H22N4O/c1-14(17-11-15-7-3-4-8-16(15)24-17)22-18-12-19(21-13-20-18)23-9-5-2-6-10-23/h3-4,7-8,11-14H,2,5-6,9-10H2,1H3,(H,20,21,22)/t14-/m1/s1. The van der Waals surface area contributed by atoms with E-state index in [4.69, 9.17) is 4.42 Å². The van der Waals surface area contributed by atoms with Gasteiger partial charge in [-0.15, -0.1) is 0 Å². The molecule has 5 heteroatoms. The molecular formula is C19H22N4O. The van der Waals surface area contributed by atoms with Crippen LogP contribution in [0.1, 0.15) is 38.0 Å². The Balaban J connectivity index is 1.51. The van der Waals surface area contributed by atoms with Gasteiger partial charge in [-0.1, -0.05) is 18.2 Å². The fourth-order valence-corrected chi connectivity index (χ4v) is 3.23. The number of hydrogen-bond acceptors (Lipinski definition) is 5. The maximum absolute atomic E-state index is 5.93. The number of benzene rings is 1. The van der Waals surface area contributed by atoms with Crippen molar-refractivity contribution in [3.8, 4) is 0 Å². The van der Waals surface area contributed by atoms with Gasteiger partial charge in [-0.25, -0.2) is 9.97 Å². The Morgan fingerprint density at radius 1 is 1.08 bits per heavy atom. The lowest BCUT2D eigenvalue weighted by Crippen LogP contribution is -2.30. The van der Waals surface area contributed by atoms with Crippen LogP contribution in [0.5, 0.6) is 0 Å². The number of piperidine rings is 1. The molecule has 0 unspecified atom stereocenters. The Morgan fingerprint density at radius 3 is 2.75 bits per heavy atom. The molecule has 0 amide bonds. The number of hydrogen-bond donors (Lipinski definition) is 1.